The van der Waals surface area contributed by atoms with Gasteiger partial charge < -0.3 is 4.42 Å². The monoisotopic (exact) mass is 322 g/mol. The van der Waals surface area contributed by atoms with Gasteiger partial charge in [-0.2, -0.15) is 0 Å². The predicted octanol–water partition coefficient (Wildman–Crippen LogP) is 2.49. The van der Waals surface area contributed by atoms with Gasteiger partial charge in [0.25, 0.3) is 11.2 Å². The molecular weight excluding hydrogens is 312 g/mol. The van der Waals surface area contributed by atoms with E-state index in [0.717, 1.165) is 0 Å². The second kappa shape index (κ2) is 5.27. The molecule has 0 saturated carbocycles. The van der Waals surface area contributed by atoms with Crippen molar-refractivity contribution in [1.29, 1.82) is 0 Å². The van der Waals surface area contributed by atoms with E-state index >= 15 is 0 Å². The maximum absolute atomic E-state index is 12.6. The lowest BCUT2D eigenvalue weighted by atomic mass is 10.2. The van der Waals surface area contributed by atoms with Crippen molar-refractivity contribution >= 4 is 27.7 Å². The first-order chi connectivity index (χ1) is 11.6. The van der Waals surface area contributed by atoms with Crippen molar-refractivity contribution in [3.05, 3.63) is 75.2 Å². The van der Waals surface area contributed by atoms with Crippen LogP contribution in [-0.4, -0.2) is 19.5 Å². The van der Waals surface area contributed by atoms with Gasteiger partial charge in [0.2, 0.25) is 5.89 Å². The van der Waals surface area contributed by atoms with Crippen LogP contribution in [0.15, 0.2) is 58.0 Å². The maximum Gasteiger partial charge on any atom is 0.270 e. The highest BCUT2D eigenvalue weighted by Crippen LogP contribution is 2.17. The zero-order valence-corrected chi connectivity index (χ0v) is 12.2. The third-order valence-corrected chi connectivity index (χ3v) is 3.66. The van der Waals surface area contributed by atoms with Crippen LogP contribution in [0.1, 0.15) is 5.89 Å². The van der Waals surface area contributed by atoms with Crippen molar-refractivity contribution in [1.82, 2.24) is 14.5 Å². The summed E-state index contributed by atoms with van der Waals surface area (Å²) < 4.78 is 6.91. The molecule has 8 nitrogen and oxygen atoms in total. The number of fused-ring (bicyclic) bond motifs is 2. The number of rotatable bonds is 3. The topological polar surface area (TPSA) is 104 Å². The average Bonchev–Trinajstić information content (AvgIpc) is 2.99. The summed E-state index contributed by atoms with van der Waals surface area (Å²) in [6, 6.07) is 11.3. The number of aromatic nitrogens is 3. The van der Waals surface area contributed by atoms with Gasteiger partial charge >= 0.3 is 0 Å². The summed E-state index contributed by atoms with van der Waals surface area (Å²) in [5.74, 6) is 0.366. The van der Waals surface area contributed by atoms with Gasteiger partial charge in [-0.15, -0.1) is 0 Å². The summed E-state index contributed by atoms with van der Waals surface area (Å²) in [6.07, 6.45) is 1.38. The Morgan fingerprint density at radius 3 is 2.79 bits per heavy atom. The lowest BCUT2D eigenvalue weighted by Gasteiger charge is -2.03. The molecule has 4 aromatic rings. The highest BCUT2D eigenvalue weighted by atomic mass is 16.6. The third-order valence-electron chi connectivity index (χ3n) is 3.66. The second-order valence-electron chi connectivity index (χ2n) is 5.21. The first-order valence-electron chi connectivity index (χ1n) is 7.10. The Bertz CT molecular complexity index is 1110. The second-order valence-corrected chi connectivity index (χ2v) is 5.21. The largest absolute Gasteiger partial charge is 0.439 e. The standard InChI is InChI=1S/C16H10N4O4/c21-16-11-7-10(20(22)23)5-6-12(11)17-9-19(16)8-15-18-13-3-1-2-4-14(13)24-15/h1-7,9H,8H2. The quantitative estimate of drug-likeness (QED) is 0.424. The van der Waals surface area contributed by atoms with E-state index in [4.69, 9.17) is 4.42 Å². The van der Waals surface area contributed by atoms with Gasteiger partial charge in [0, 0.05) is 12.1 Å². The van der Waals surface area contributed by atoms with E-state index in [2.05, 4.69) is 9.97 Å². The Morgan fingerprint density at radius 1 is 1.17 bits per heavy atom. The fourth-order valence-corrected chi connectivity index (χ4v) is 2.51. The average molecular weight is 322 g/mol. The molecule has 24 heavy (non-hydrogen) atoms. The molecule has 0 aliphatic carbocycles. The van der Waals surface area contributed by atoms with E-state index in [-0.39, 0.29) is 23.2 Å². The van der Waals surface area contributed by atoms with E-state index in [1.807, 2.05) is 18.2 Å². The number of nitrogens with zero attached hydrogens (tertiary/aromatic N) is 4. The van der Waals surface area contributed by atoms with Crippen LogP contribution < -0.4 is 5.56 Å². The van der Waals surface area contributed by atoms with E-state index in [1.54, 1.807) is 6.07 Å². The van der Waals surface area contributed by atoms with Crippen LogP contribution in [0.25, 0.3) is 22.0 Å². The molecule has 8 heteroatoms. The predicted molar refractivity (Wildman–Crippen MR) is 85.8 cm³/mol. The first kappa shape index (κ1) is 14.1. The molecule has 0 fully saturated rings. The number of nitro groups is 1. The number of hydrogen-bond donors (Lipinski definition) is 0. The molecule has 0 saturated heterocycles. The minimum atomic E-state index is -0.545. The van der Waals surface area contributed by atoms with E-state index in [9.17, 15) is 14.9 Å². The molecule has 0 aliphatic rings. The number of oxazole rings is 1. The van der Waals surface area contributed by atoms with Crippen LogP contribution in [0.4, 0.5) is 5.69 Å². The van der Waals surface area contributed by atoms with Crippen LogP contribution in [0.2, 0.25) is 0 Å². The molecule has 0 unspecified atom stereocenters. The zero-order chi connectivity index (χ0) is 16.7. The van der Waals surface area contributed by atoms with Crippen LogP contribution >= 0.6 is 0 Å². The number of nitro benzene ring substituents is 1. The van der Waals surface area contributed by atoms with Crippen molar-refractivity contribution in [3.8, 4) is 0 Å². The molecule has 118 valence electrons. The van der Waals surface area contributed by atoms with Gasteiger partial charge in [0.05, 0.1) is 22.2 Å². The fraction of sp³-hybridized carbons (Fsp3) is 0.0625. The summed E-state index contributed by atoms with van der Waals surface area (Å²) in [6.45, 7) is 0.0964. The molecule has 0 aliphatic heterocycles. The minimum absolute atomic E-state index is 0.0964. The number of para-hydroxylation sites is 2. The Kier molecular flexibility index (Phi) is 3.09. The number of non-ortho nitro benzene ring substituents is 1. The summed E-state index contributed by atoms with van der Waals surface area (Å²) in [7, 11) is 0. The Balaban J connectivity index is 1.80. The Labute approximate surface area is 134 Å². The lowest BCUT2D eigenvalue weighted by molar-refractivity contribution is -0.384. The van der Waals surface area contributed by atoms with Crippen LogP contribution in [0.5, 0.6) is 0 Å². The molecule has 0 radical (unpaired) electrons. The molecular formula is C16H10N4O4. The van der Waals surface area contributed by atoms with Gasteiger partial charge in [-0.1, -0.05) is 12.1 Å². The molecule has 0 N–H and O–H groups in total. The smallest absolute Gasteiger partial charge is 0.270 e. The lowest BCUT2D eigenvalue weighted by Crippen LogP contribution is -2.21. The summed E-state index contributed by atoms with van der Waals surface area (Å²) >= 11 is 0. The Morgan fingerprint density at radius 2 is 2.00 bits per heavy atom. The van der Waals surface area contributed by atoms with Gasteiger partial charge in [0.1, 0.15) is 12.1 Å². The molecule has 0 amide bonds. The summed E-state index contributed by atoms with van der Waals surface area (Å²) in [5.41, 5.74) is 1.20. The molecule has 2 heterocycles. The van der Waals surface area contributed by atoms with E-state index in [1.165, 1.54) is 29.1 Å². The highest BCUT2D eigenvalue weighted by Gasteiger charge is 2.12. The molecule has 4 rings (SSSR count). The van der Waals surface area contributed by atoms with Crippen molar-refractivity contribution in [3.63, 3.8) is 0 Å². The van der Waals surface area contributed by atoms with Gasteiger partial charge in [-0.25, -0.2) is 9.97 Å². The normalized spacial score (nSPS) is 11.2. The highest BCUT2D eigenvalue weighted by molar-refractivity contribution is 5.79. The summed E-state index contributed by atoms with van der Waals surface area (Å²) in [5, 5.41) is 11.1. The molecule has 0 bridgehead atoms. The molecule has 0 spiro atoms. The molecule has 0 atom stereocenters. The fourth-order valence-electron chi connectivity index (χ4n) is 2.51. The first-order valence-corrected chi connectivity index (χ1v) is 7.10. The van der Waals surface area contributed by atoms with Crippen LogP contribution in [0.3, 0.4) is 0 Å². The molecule has 2 aromatic heterocycles. The third kappa shape index (κ3) is 2.30. The van der Waals surface area contributed by atoms with Gasteiger partial charge in [-0.3, -0.25) is 19.5 Å². The molecule has 2 aromatic carbocycles. The number of benzene rings is 2. The van der Waals surface area contributed by atoms with Crippen molar-refractivity contribution in [2.75, 3.05) is 0 Å². The maximum atomic E-state index is 12.6. The van der Waals surface area contributed by atoms with Crippen LogP contribution in [-0.2, 0) is 6.54 Å². The van der Waals surface area contributed by atoms with Crippen LogP contribution in [0, 0.1) is 10.1 Å². The number of hydrogen-bond acceptors (Lipinski definition) is 6. The van der Waals surface area contributed by atoms with Crippen molar-refractivity contribution < 1.29 is 9.34 Å². The van der Waals surface area contributed by atoms with Gasteiger partial charge in [-0.05, 0) is 18.2 Å². The van der Waals surface area contributed by atoms with E-state index < -0.39 is 4.92 Å². The Hall–Kier alpha value is -3.55. The van der Waals surface area contributed by atoms with Crippen molar-refractivity contribution in [2.45, 2.75) is 6.54 Å². The summed E-state index contributed by atoms with van der Waals surface area (Å²) in [4.78, 5) is 31.4. The SMILES string of the molecule is O=c1c2cc([N+](=O)[O-])ccc2ncn1Cc1nc2ccccc2o1. The minimum Gasteiger partial charge on any atom is -0.439 e. The zero-order valence-electron chi connectivity index (χ0n) is 12.2. The van der Waals surface area contributed by atoms with Crippen molar-refractivity contribution in [2.24, 2.45) is 0 Å². The van der Waals surface area contributed by atoms with E-state index in [0.29, 0.717) is 22.5 Å². The van der Waals surface area contributed by atoms with Gasteiger partial charge in [0.15, 0.2) is 5.58 Å².